The van der Waals surface area contributed by atoms with Gasteiger partial charge in [-0.25, -0.2) is 0 Å². The zero-order chi connectivity index (χ0) is 9.68. The second-order valence-electron chi connectivity index (χ2n) is 3.18. The van der Waals surface area contributed by atoms with E-state index >= 15 is 0 Å². The van der Waals surface area contributed by atoms with Gasteiger partial charge in [-0.1, -0.05) is 31.6 Å². The van der Waals surface area contributed by atoms with E-state index in [1.54, 1.807) is 6.07 Å². The number of aryl methyl sites for hydroxylation is 1. The molecule has 0 saturated heterocycles. The Kier molecular flexibility index (Phi) is 3.56. The predicted molar refractivity (Wildman–Crippen MR) is 56.8 cm³/mol. The summed E-state index contributed by atoms with van der Waals surface area (Å²) in [6.45, 7) is 4.11. The Morgan fingerprint density at radius 3 is 2.69 bits per heavy atom. The van der Waals surface area contributed by atoms with Gasteiger partial charge in [-0.15, -0.1) is 0 Å². The Labute approximate surface area is 79.7 Å². The Balaban J connectivity index is 2.96. The molecule has 1 N–H and O–H groups in total. The number of hydrogen-bond acceptors (Lipinski definition) is 1. The molecule has 0 aliphatic heterocycles. The number of aromatic hydroxyl groups is 1. The lowest BCUT2D eigenvalue weighted by Crippen LogP contribution is -1.84. The van der Waals surface area contributed by atoms with E-state index in [1.807, 2.05) is 25.1 Å². The van der Waals surface area contributed by atoms with E-state index in [2.05, 4.69) is 13.0 Å². The van der Waals surface area contributed by atoms with Crippen molar-refractivity contribution >= 4 is 6.08 Å². The van der Waals surface area contributed by atoms with Crippen LogP contribution < -0.4 is 0 Å². The molecule has 0 radical (unpaired) electrons. The molecule has 0 spiro atoms. The average molecular weight is 176 g/mol. The minimum atomic E-state index is 0.360. The molecule has 0 unspecified atom stereocenters. The third-order valence-electron chi connectivity index (χ3n) is 1.90. The summed E-state index contributed by atoms with van der Waals surface area (Å²) in [6.07, 6.45) is 6.11. The molecule has 0 atom stereocenters. The van der Waals surface area contributed by atoms with E-state index < -0.39 is 0 Å². The van der Waals surface area contributed by atoms with Crippen LogP contribution in [0.2, 0.25) is 0 Å². The minimum Gasteiger partial charge on any atom is -0.508 e. The summed E-state index contributed by atoms with van der Waals surface area (Å²) < 4.78 is 0. The van der Waals surface area contributed by atoms with Crippen LogP contribution in [0.25, 0.3) is 6.08 Å². The third kappa shape index (κ3) is 2.94. The molecule has 0 saturated carbocycles. The lowest BCUT2D eigenvalue weighted by molar-refractivity contribution is 0.474. The van der Waals surface area contributed by atoms with Crippen LogP contribution >= 0.6 is 0 Å². The summed E-state index contributed by atoms with van der Waals surface area (Å²) in [6, 6.07) is 5.72. The highest BCUT2D eigenvalue weighted by atomic mass is 16.3. The number of phenolic OH excluding ortho intramolecular Hbond substituents is 1. The maximum Gasteiger partial charge on any atom is 0.116 e. The van der Waals surface area contributed by atoms with Gasteiger partial charge < -0.3 is 5.11 Å². The molecule has 1 aromatic carbocycles. The SMILES string of the molecule is CC=Cc1cc(O)cc(CCC)c1. The molecule has 1 aromatic rings. The smallest absolute Gasteiger partial charge is 0.116 e. The molecule has 1 rings (SSSR count). The van der Waals surface area contributed by atoms with E-state index in [1.165, 1.54) is 5.56 Å². The first-order valence-electron chi connectivity index (χ1n) is 4.72. The molecule has 70 valence electrons. The van der Waals surface area contributed by atoms with Gasteiger partial charge in [0, 0.05) is 0 Å². The quantitative estimate of drug-likeness (QED) is 0.748. The molecule has 0 aromatic heterocycles. The number of allylic oxidation sites excluding steroid dienone is 1. The van der Waals surface area contributed by atoms with Gasteiger partial charge in [-0.3, -0.25) is 0 Å². The fourth-order valence-electron chi connectivity index (χ4n) is 1.42. The Hall–Kier alpha value is -1.24. The molecule has 1 heteroatoms. The molecule has 13 heavy (non-hydrogen) atoms. The van der Waals surface area contributed by atoms with Gasteiger partial charge in [-0.2, -0.15) is 0 Å². The molecular formula is C12H16O. The summed E-state index contributed by atoms with van der Waals surface area (Å²) in [5, 5.41) is 9.41. The molecule has 0 amide bonds. The zero-order valence-electron chi connectivity index (χ0n) is 8.25. The Morgan fingerprint density at radius 2 is 2.08 bits per heavy atom. The van der Waals surface area contributed by atoms with Gasteiger partial charge in [-0.05, 0) is 36.6 Å². The van der Waals surface area contributed by atoms with Gasteiger partial charge >= 0.3 is 0 Å². The van der Waals surface area contributed by atoms with E-state index in [0.29, 0.717) is 5.75 Å². The lowest BCUT2D eigenvalue weighted by atomic mass is 10.1. The first kappa shape index (κ1) is 9.85. The average Bonchev–Trinajstić information content (AvgIpc) is 2.04. The van der Waals surface area contributed by atoms with Crippen LogP contribution in [-0.2, 0) is 6.42 Å². The Morgan fingerprint density at radius 1 is 1.31 bits per heavy atom. The monoisotopic (exact) mass is 176 g/mol. The standard InChI is InChI=1S/C12H16O/c1-3-5-10-7-11(6-4-2)9-12(13)8-10/h3,5,7-9,13H,4,6H2,1-2H3. The third-order valence-corrected chi connectivity index (χ3v) is 1.90. The van der Waals surface area contributed by atoms with Crippen LogP contribution in [0.1, 0.15) is 31.4 Å². The van der Waals surface area contributed by atoms with Crippen molar-refractivity contribution in [3.8, 4) is 5.75 Å². The highest BCUT2D eigenvalue weighted by molar-refractivity contribution is 5.53. The van der Waals surface area contributed by atoms with Gasteiger partial charge in [0.15, 0.2) is 0 Å². The van der Waals surface area contributed by atoms with E-state index in [9.17, 15) is 5.11 Å². The molecule has 0 heterocycles. The largest absolute Gasteiger partial charge is 0.508 e. The van der Waals surface area contributed by atoms with Crippen LogP contribution in [0.15, 0.2) is 24.3 Å². The van der Waals surface area contributed by atoms with Crippen molar-refractivity contribution in [1.82, 2.24) is 0 Å². The fourth-order valence-corrected chi connectivity index (χ4v) is 1.42. The second-order valence-corrected chi connectivity index (χ2v) is 3.18. The van der Waals surface area contributed by atoms with Crippen molar-refractivity contribution in [3.63, 3.8) is 0 Å². The number of rotatable bonds is 3. The maximum absolute atomic E-state index is 9.41. The van der Waals surface area contributed by atoms with Gasteiger partial charge in [0.25, 0.3) is 0 Å². The molecular weight excluding hydrogens is 160 g/mol. The Bertz CT molecular complexity index is 300. The minimum absolute atomic E-state index is 0.360. The number of phenols is 1. The first-order chi connectivity index (χ1) is 6.26. The summed E-state index contributed by atoms with van der Waals surface area (Å²) >= 11 is 0. The summed E-state index contributed by atoms with van der Waals surface area (Å²) in [5.41, 5.74) is 2.28. The van der Waals surface area contributed by atoms with Crippen molar-refractivity contribution in [1.29, 1.82) is 0 Å². The molecule has 1 nitrogen and oxygen atoms in total. The van der Waals surface area contributed by atoms with Crippen molar-refractivity contribution in [3.05, 3.63) is 35.4 Å². The summed E-state index contributed by atoms with van der Waals surface area (Å²) in [7, 11) is 0. The van der Waals surface area contributed by atoms with Crippen molar-refractivity contribution in [2.45, 2.75) is 26.7 Å². The van der Waals surface area contributed by atoms with Gasteiger partial charge in [0.1, 0.15) is 5.75 Å². The highest BCUT2D eigenvalue weighted by Gasteiger charge is 1.96. The summed E-state index contributed by atoms with van der Waals surface area (Å²) in [4.78, 5) is 0. The first-order valence-corrected chi connectivity index (χ1v) is 4.72. The molecule has 0 aliphatic rings. The highest BCUT2D eigenvalue weighted by Crippen LogP contribution is 2.17. The van der Waals surface area contributed by atoms with E-state index in [-0.39, 0.29) is 0 Å². The van der Waals surface area contributed by atoms with E-state index in [4.69, 9.17) is 0 Å². The fraction of sp³-hybridized carbons (Fsp3) is 0.333. The van der Waals surface area contributed by atoms with Gasteiger partial charge in [0.05, 0.1) is 0 Å². The number of hydrogen-bond donors (Lipinski definition) is 1. The second kappa shape index (κ2) is 4.70. The normalized spacial score (nSPS) is 10.9. The van der Waals surface area contributed by atoms with E-state index in [0.717, 1.165) is 18.4 Å². The number of benzene rings is 1. The molecule has 0 fully saturated rings. The predicted octanol–water partition coefficient (Wildman–Crippen LogP) is 3.38. The molecule has 0 aliphatic carbocycles. The lowest BCUT2D eigenvalue weighted by Gasteiger charge is -2.02. The van der Waals surface area contributed by atoms with Crippen molar-refractivity contribution in [2.75, 3.05) is 0 Å². The summed E-state index contributed by atoms with van der Waals surface area (Å²) in [5.74, 6) is 0.360. The van der Waals surface area contributed by atoms with Crippen LogP contribution in [0.5, 0.6) is 5.75 Å². The topological polar surface area (TPSA) is 20.2 Å². The van der Waals surface area contributed by atoms with Crippen molar-refractivity contribution in [2.24, 2.45) is 0 Å². The van der Waals surface area contributed by atoms with Crippen molar-refractivity contribution < 1.29 is 5.11 Å². The van der Waals surface area contributed by atoms with Crippen LogP contribution in [-0.4, -0.2) is 5.11 Å². The molecule has 0 bridgehead atoms. The van der Waals surface area contributed by atoms with Crippen LogP contribution in [0.3, 0.4) is 0 Å². The maximum atomic E-state index is 9.41. The van der Waals surface area contributed by atoms with Crippen LogP contribution in [0.4, 0.5) is 0 Å². The zero-order valence-corrected chi connectivity index (χ0v) is 8.25. The van der Waals surface area contributed by atoms with Gasteiger partial charge in [0.2, 0.25) is 0 Å². The van der Waals surface area contributed by atoms with Crippen LogP contribution in [0, 0.1) is 0 Å².